The first kappa shape index (κ1) is 13.7. The number of benzene rings is 1. The summed E-state index contributed by atoms with van der Waals surface area (Å²) in [5.74, 6) is -0.0782. The molecule has 110 valence electrons. The number of hydrogen-bond donors (Lipinski definition) is 1. The maximum absolute atomic E-state index is 14.3. The molecule has 0 spiro atoms. The molecule has 2 aliphatic rings. The van der Waals surface area contributed by atoms with Crippen LogP contribution in [-0.2, 0) is 0 Å². The number of anilines is 2. The van der Waals surface area contributed by atoms with Gasteiger partial charge in [-0.3, -0.25) is 0 Å². The molecule has 1 heterocycles. The molecule has 1 aromatic carbocycles. The van der Waals surface area contributed by atoms with Crippen LogP contribution in [-0.4, -0.2) is 19.1 Å². The SMILES string of the molecule is Fc1cc(NC2CCCCCC2)ccc1N1CCCC1. The maximum atomic E-state index is 14.3. The Morgan fingerprint density at radius 2 is 1.65 bits per heavy atom. The highest BCUT2D eigenvalue weighted by Crippen LogP contribution is 2.27. The summed E-state index contributed by atoms with van der Waals surface area (Å²) in [5.41, 5.74) is 1.71. The summed E-state index contributed by atoms with van der Waals surface area (Å²) in [6, 6.07) is 6.19. The Kier molecular flexibility index (Phi) is 4.44. The lowest BCUT2D eigenvalue weighted by Crippen LogP contribution is -2.20. The minimum Gasteiger partial charge on any atom is -0.382 e. The normalized spacial score (nSPS) is 20.9. The van der Waals surface area contributed by atoms with Gasteiger partial charge >= 0.3 is 0 Å². The smallest absolute Gasteiger partial charge is 0.148 e. The van der Waals surface area contributed by atoms with Crippen LogP contribution in [0.4, 0.5) is 15.8 Å². The molecule has 0 amide bonds. The van der Waals surface area contributed by atoms with E-state index in [9.17, 15) is 4.39 Å². The number of hydrogen-bond acceptors (Lipinski definition) is 2. The minimum absolute atomic E-state index is 0.0782. The molecular weight excluding hydrogens is 251 g/mol. The molecule has 3 heteroatoms. The van der Waals surface area contributed by atoms with Crippen molar-refractivity contribution in [1.82, 2.24) is 0 Å². The quantitative estimate of drug-likeness (QED) is 0.814. The van der Waals surface area contributed by atoms with E-state index in [1.54, 1.807) is 6.07 Å². The van der Waals surface area contributed by atoms with Gasteiger partial charge in [0.2, 0.25) is 0 Å². The molecule has 0 aromatic heterocycles. The Bertz CT molecular complexity index is 433. The molecule has 2 nitrogen and oxygen atoms in total. The standard InChI is InChI=1S/C17H25FN2/c18-16-13-15(19-14-7-3-1-2-4-8-14)9-10-17(16)20-11-5-6-12-20/h9-10,13-14,19H,1-8,11-12H2. The van der Waals surface area contributed by atoms with Crippen molar-refractivity contribution < 1.29 is 4.39 Å². The Balaban J connectivity index is 1.66. The molecule has 20 heavy (non-hydrogen) atoms. The van der Waals surface area contributed by atoms with Gasteiger partial charge < -0.3 is 10.2 Å². The number of nitrogens with zero attached hydrogens (tertiary/aromatic N) is 1. The molecule has 0 bridgehead atoms. The molecule has 3 rings (SSSR count). The fraction of sp³-hybridized carbons (Fsp3) is 0.647. The second kappa shape index (κ2) is 6.47. The van der Waals surface area contributed by atoms with Crippen LogP contribution in [0.25, 0.3) is 0 Å². The third kappa shape index (κ3) is 3.25. The van der Waals surface area contributed by atoms with Crippen molar-refractivity contribution in [3.63, 3.8) is 0 Å². The molecule has 1 saturated heterocycles. The first-order chi connectivity index (χ1) is 9.83. The van der Waals surface area contributed by atoms with E-state index < -0.39 is 0 Å². The molecule has 0 atom stereocenters. The Labute approximate surface area is 121 Å². The van der Waals surface area contributed by atoms with Crippen molar-refractivity contribution in [2.24, 2.45) is 0 Å². The minimum atomic E-state index is -0.0782. The number of rotatable bonds is 3. The lowest BCUT2D eigenvalue weighted by atomic mass is 10.1. The van der Waals surface area contributed by atoms with E-state index in [1.165, 1.54) is 51.4 Å². The summed E-state index contributed by atoms with van der Waals surface area (Å²) in [4.78, 5) is 2.16. The monoisotopic (exact) mass is 276 g/mol. The number of nitrogens with one attached hydrogen (secondary N) is 1. The van der Waals surface area contributed by atoms with E-state index >= 15 is 0 Å². The van der Waals surface area contributed by atoms with Crippen LogP contribution < -0.4 is 10.2 Å². The van der Waals surface area contributed by atoms with Gasteiger partial charge in [0.1, 0.15) is 5.82 Å². The van der Waals surface area contributed by atoms with Crippen molar-refractivity contribution in [1.29, 1.82) is 0 Å². The van der Waals surface area contributed by atoms with Crippen LogP contribution in [0.5, 0.6) is 0 Å². The zero-order chi connectivity index (χ0) is 13.8. The second-order valence-corrected chi connectivity index (χ2v) is 6.19. The highest BCUT2D eigenvalue weighted by Gasteiger charge is 2.17. The predicted octanol–water partition coefficient (Wildman–Crippen LogP) is 4.56. The summed E-state index contributed by atoms with van der Waals surface area (Å²) in [6.07, 6.45) is 10.1. The van der Waals surface area contributed by atoms with Crippen LogP contribution in [0.1, 0.15) is 51.4 Å². The lowest BCUT2D eigenvalue weighted by Gasteiger charge is -2.21. The van der Waals surface area contributed by atoms with E-state index in [-0.39, 0.29) is 5.82 Å². The van der Waals surface area contributed by atoms with Gasteiger partial charge in [-0.05, 0) is 43.9 Å². The van der Waals surface area contributed by atoms with Crippen LogP contribution in [0.2, 0.25) is 0 Å². The van der Waals surface area contributed by atoms with E-state index in [0.717, 1.165) is 24.5 Å². The third-order valence-electron chi connectivity index (χ3n) is 4.62. The van der Waals surface area contributed by atoms with Crippen LogP contribution >= 0.6 is 0 Å². The first-order valence-electron chi connectivity index (χ1n) is 8.14. The first-order valence-corrected chi connectivity index (χ1v) is 8.14. The van der Waals surface area contributed by atoms with Crippen molar-refractivity contribution in [2.75, 3.05) is 23.3 Å². The molecule has 1 aliphatic heterocycles. The largest absolute Gasteiger partial charge is 0.382 e. The molecule has 1 aliphatic carbocycles. The summed E-state index contributed by atoms with van der Waals surface area (Å²) in [7, 11) is 0. The molecule has 1 N–H and O–H groups in total. The van der Waals surface area contributed by atoms with Gasteiger partial charge in [-0.2, -0.15) is 0 Å². The van der Waals surface area contributed by atoms with Crippen molar-refractivity contribution >= 4 is 11.4 Å². The highest BCUT2D eigenvalue weighted by atomic mass is 19.1. The van der Waals surface area contributed by atoms with Crippen molar-refractivity contribution in [3.05, 3.63) is 24.0 Å². The van der Waals surface area contributed by atoms with Gasteiger partial charge in [0.15, 0.2) is 0 Å². The van der Waals surface area contributed by atoms with E-state index in [2.05, 4.69) is 10.2 Å². The Morgan fingerprint density at radius 1 is 0.950 bits per heavy atom. The van der Waals surface area contributed by atoms with Crippen molar-refractivity contribution in [3.8, 4) is 0 Å². The van der Waals surface area contributed by atoms with Crippen LogP contribution in [0.15, 0.2) is 18.2 Å². The van der Waals surface area contributed by atoms with Gasteiger partial charge in [-0.25, -0.2) is 4.39 Å². The molecular formula is C17H25FN2. The van der Waals surface area contributed by atoms with Gasteiger partial charge in [0.05, 0.1) is 5.69 Å². The average molecular weight is 276 g/mol. The summed E-state index contributed by atoms with van der Waals surface area (Å²) in [6.45, 7) is 1.98. The van der Waals surface area contributed by atoms with E-state index in [0.29, 0.717) is 6.04 Å². The molecule has 0 radical (unpaired) electrons. The fourth-order valence-corrected chi connectivity index (χ4v) is 3.47. The summed E-state index contributed by atoms with van der Waals surface area (Å²) < 4.78 is 14.3. The average Bonchev–Trinajstić information content (AvgIpc) is 2.85. The maximum Gasteiger partial charge on any atom is 0.148 e. The molecule has 1 saturated carbocycles. The topological polar surface area (TPSA) is 15.3 Å². The van der Waals surface area contributed by atoms with E-state index in [1.807, 2.05) is 12.1 Å². The third-order valence-corrected chi connectivity index (χ3v) is 4.62. The fourth-order valence-electron chi connectivity index (χ4n) is 3.47. The highest BCUT2D eigenvalue weighted by molar-refractivity contribution is 5.57. The van der Waals surface area contributed by atoms with Gasteiger partial charge in [0, 0.05) is 24.8 Å². The second-order valence-electron chi connectivity index (χ2n) is 6.19. The molecule has 0 unspecified atom stereocenters. The van der Waals surface area contributed by atoms with Crippen LogP contribution in [0.3, 0.4) is 0 Å². The van der Waals surface area contributed by atoms with Gasteiger partial charge in [0.25, 0.3) is 0 Å². The summed E-state index contributed by atoms with van der Waals surface area (Å²) in [5, 5.41) is 3.52. The van der Waals surface area contributed by atoms with E-state index in [4.69, 9.17) is 0 Å². The van der Waals surface area contributed by atoms with Gasteiger partial charge in [-0.1, -0.05) is 25.7 Å². The van der Waals surface area contributed by atoms with Gasteiger partial charge in [-0.15, -0.1) is 0 Å². The summed E-state index contributed by atoms with van der Waals surface area (Å²) >= 11 is 0. The lowest BCUT2D eigenvalue weighted by molar-refractivity contribution is 0.611. The molecule has 1 aromatic rings. The predicted molar refractivity (Wildman–Crippen MR) is 83.0 cm³/mol. The van der Waals surface area contributed by atoms with Crippen molar-refractivity contribution in [2.45, 2.75) is 57.4 Å². The Hall–Kier alpha value is -1.25. The number of halogens is 1. The zero-order valence-electron chi connectivity index (χ0n) is 12.2. The van der Waals surface area contributed by atoms with Crippen LogP contribution in [0, 0.1) is 5.82 Å². The Morgan fingerprint density at radius 3 is 2.30 bits per heavy atom. The molecule has 2 fully saturated rings. The zero-order valence-corrected chi connectivity index (χ0v) is 12.2.